The summed E-state index contributed by atoms with van der Waals surface area (Å²) in [6.07, 6.45) is 1.16. The quantitative estimate of drug-likeness (QED) is 0.707. The summed E-state index contributed by atoms with van der Waals surface area (Å²) < 4.78 is 0. The molecule has 0 saturated heterocycles. The zero-order chi connectivity index (χ0) is 7.40. The molecule has 1 N–H and O–H groups in total. The van der Waals surface area contributed by atoms with Crippen LogP contribution < -0.4 is 5.32 Å². The highest BCUT2D eigenvalue weighted by atomic mass is 32.1. The van der Waals surface area contributed by atoms with Crippen LogP contribution in [-0.4, -0.2) is 7.05 Å². The fourth-order valence-corrected chi connectivity index (χ4v) is 1.96. The van der Waals surface area contributed by atoms with E-state index in [4.69, 9.17) is 0 Å². The average Bonchev–Trinajstić information content (AvgIpc) is 2.43. The second-order valence-corrected chi connectivity index (χ2v) is 3.24. The molecule has 0 bridgehead atoms. The lowest BCUT2D eigenvalue weighted by atomic mass is 10.2. The van der Waals surface area contributed by atoms with E-state index >= 15 is 0 Å². The van der Waals surface area contributed by atoms with E-state index in [9.17, 15) is 0 Å². The Morgan fingerprint density at radius 1 is 1.70 bits per heavy atom. The molecule has 1 heterocycles. The molecule has 0 aliphatic carbocycles. The minimum Gasteiger partial charge on any atom is -0.312 e. The zero-order valence-corrected chi connectivity index (χ0v) is 7.24. The van der Waals surface area contributed by atoms with E-state index in [0.29, 0.717) is 6.04 Å². The maximum absolute atomic E-state index is 3.26. The molecule has 0 aliphatic heterocycles. The van der Waals surface area contributed by atoms with E-state index in [0.717, 1.165) is 6.42 Å². The molecule has 2 heteroatoms. The first-order valence-electron chi connectivity index (χ1n) is 3.59. The van der Waals surface area contributed by atoms with E-state index in [2.05, 4.69) is 29.8 Å². The first kappa shape index (κ1) is 7.76. The third kappa shape index (κ3) is 1.58. The van der Waals surface area contributed by atoms with Gasteiger partial charge in [0.1, 0.15) is 0 Å². The van der Waals surface area contributed by atoms with Gasteiger partial charge in [-0.15, -0.1) is 11.3 Å². The monoisotopic (exact) mass is 155 g/mol. The van der Waals surface area contributed by atoms with Crippen LogP contribution in [0.2, 0.25) is 0 Å². The van der Waals surface area contributed by atoms with Gasteiger partial charge >= 0.3 is 0 Å². The highest BCUT2D eigenvalue weighted by Crippen LogP contribution is 2.20. The van der Waals surface area contributed by atoms with Crippen LogP contribution in [0, 0.1) is 0 Å². The van der Waals surface area contributed by atoms with Crippen molar-refractivity contribution in [1.29, 1.82) is 0 Å². The molecule has 10 heavy (non-hydrogen) atoms. The second kappa shape index (κ2) is 3.74. The Morgan fingerprint density at radius 3 is 2.90 bits per heavy atom. The van der Waals surface area contributed by atoms with E-state index in [1.54, 1.807) is 0 Å². The lowest BCUT2D eigenvalue weighted by molar-refractivity contribution is 0.586. The lowest BCUT2D eigenvalue weighted by Gasteiger charge is -2.10. The molecule has 0 spiro atoms. The average molecular weight is 155 g/mol. The van der Waals surface area contributed by atoms with E-state index in [-0.39, 0.29) is 0 Å². The maximum atomic E-state index is 3.26. The first-order valence-corrected chi connectivity index (χ1v) is 4.47. The lowest BCUT2D eigenvalue weighted by Crippen LogP contribution is -2.13. The van der Waals surface area contributed by atoms with Gasteiger partial charge in [-0.05, 0) is 24.9 Å². The van der Waals surface area contributed by atoms with Gasteiger partial charge < -0.3 is 5.32 Å². The number of rotatable bonds is 3. The molecule has 0 amide bonds. The largest absolute Gasteiger partial charge is 0.312 e. The van der Waals surface area contributed by atoms with Gasteiger partial charge in [0.15, 0.2) is 0 Å². The van der Waals surface area contributed by atoms with Crippen LogP contribution in [0.25, 0.3) is 0 Å². The third-order valence-corrected chi connectivity index (χ3v) is 2.63. The Balaban J connectivity index is 2.64. The highest BCUT2D eigenvalue weighted by molar-refractivity contribution is 7.10. The van der Waals surface area contributed by atoms with Crippen molar-refractivity contribution in [3.63, 3.8) is 0 Å². The number of hydrogen-bond acceptors (Lipinski definition) is 2. The SMILES string of the molecule is CC[C@H](NC)c1cccs1. The molecule has 1 aromatic heterocycles. The second-order valence-electron chi connectivity index (χ2n) is 2.26. The summed E-state index contributed by atoms with van der Waals surface area (Å²) in [6.45, 7) is 2.20. The molecule has 0 radical (unpaired) electrons. The number of thiophene rings is 1. The van der Waals surface area contributed by atoms with Gasteiger partial charge in [0.2, 0.25) is 0 Å². The minimum absolute atomic E-state index is 0.556. The number of nitrogens with one attached hydrogen (secondary N) is 1. The van der Waals surface area contributed by atoms with Crippen molar-refractivity contribution >= 4 is 11.3 Å². The van der Waals surface area contributed by atoms with E-state index in [1.165, 1.54) is 4.88 Å². The van der Waals surface area contributed by atoms with Crippen LogP contribution in [0.4, 0.5) is 0 Å². The summed E-state index contributed by atoms with van der Waals surface area (Å²) in [5.41, 5.74) is 0. The Bertz CT molecular complexity index is 165. The predicted octanol–water partition coefficient (Wildman–Crippen LogP) is 2.42. The highest BCUT2D eigenvalue weighted by Gasteiger charge is 2.05. The van der Waals surface area contributed by atoms with Crippen molar-refractivity contribution < 1.29 is 0 Å². The van der Waals surface area contributed by atoms with Crippen LogP contribution in [0.3, 0.4) is 0 Å². The summed E-state index contributed by atoms with van der Waals surface area (Å²) in [5.74, 6) is 0. The molecule has 1 aromatic rings. The standard InChI is InChI=1S/C8H13NS/c1-3-7(9-2)8-5-4-6-10-8/h4-7,9H,3H2,1-2H3/t7-/m0/s1. The van der Waals surface area contributed by atoms with Crippen molar-refractivity contribution in [3.8, 4) is 0 Å². The molecular weight excluding hydrogens is 142 g/mol. The molecular formula is C8H13NS. The van der Waals surface area contributed by atoms with E-state index < -0.39 is 0 Å². The van der Waals surface area contributed by atoms with Crippen molar-refractivity contribution in [3.05, 3.63) is 22.4 Å². The molecule has 1 atom stereocenters. The maximum Gasteiger partial charge on any atom is 0.0409 e. The zero-order valence-electron chi connectivity index (χ0n) is 6.42. The summed E-state index contributed by atoms with van der Waals surface area (Å²) in [7, 11) is 2.01. The van der Waals surface area contributed by atoms with Crippen molar-refractivity contribution in [2.45, 2.75) is 19.4 Å². The van der Waals surface area contributed by atoms with Crippen LogP contribution in [0.1, 0.15) is 24.3 Å². The topological polar surface area (TPSA) is 12.0 Å². The predicted molar refractivity (Wildman–Crippen MR) is 46.4 cm³/mol. The van der Waals surface area contributed by atoms with Crippen molar-refractivity contribution in [2.75, 3.05) is 7.05 Å². The van der Waals surface area contributed by atoms with Gasteiger partial charge in [0.05, 0.1) is 0 Å². The molecule has 0 aliphatic rings. The molecule has 1 nitrogen and oxygen atoms in total. The fraction of sp³-hybridized carbons (Fsp3) is 0.500. The van der Waals surface area contributed by atoms with Gasteiger partial charge in [-0.2, -0.15) is 0 Å². The summed E-state index contributed by atoms with van der Waals surface area (Å²) >= 11 is 1.82. The van der Waals surface area contributed by atoms with Crippen molar-refractivity contribution in [2.24, 2.45) is 0 Å². The Labute approximate surface area is 66.1 Å². The number of hydrogen-bond donors (Lipinski definition) is 1. The van der Waals surface area contributed by atoms with Crippen molar-refractivity contribution in [1.82, 2.24) is 5.32 Å². The van der Waals surface area contributed by atoms with Gasteiger partial charge in [-0.3, -0.25) is 0 Å². The normalized spacial score (nSPS) is 13.4. The van der Waals surface area contributed by atoms with Crippen LogP contribution in [0.15, 0.2) is 17.5 Å². The Morgan fingerprint density at radius 2 is 2.50 bits per heavy atom. The molecule has 0 fully saturated rings. The Hall–Kier alpha value is -0.340. The molecule has 0 unspecified atom stereocenters. The molecule has 0 aromatic carbocycles. The Kier molecular flexibility index (Phi) is 2.90. The van der Waals surface area contributed by atoms with Gasteiger partial charge in [-0.1, -0.05) is 13.0 Å². The van der Waals surface area contributed by atoms with Crippen LogP contribution in [0.5, 0.6) is 0 Å². The molecule has 1 rings (SSSR count). The fourth-order valence-electron chi connectivity index (χ4n) is 1.04. The van der Waals surface area contributed by atoms with Crippen LogP contribution >= 0.6 is 11.3 Å². The van der Waals surface area contributed by atoms with Gasteiger partial charge in [-0.25, -0.2) is 0 Å². The van der Waals surface area contributed by atoms with Crippen LogP contribution in [-0.2, 0) is 0 Å². The smallest absolute Gasteiger partial charge is 0.0409 e. The summed E-state index contributed by atoms with van der Waals surface area (Å²) in [6, 6.07) is 4.83. The minimum atomic E-state index is 0.556. The summed E-state index contributed by atoms with van der Waals surface area (Å²) in [5, 5.41) is 5.38. The first-order chi connectivity index (χ1) is 4.88. The third-order valence-electron chi connectivity index (χ3n) is 1.64. The molecule has 0 saturated carbocycles. The molecule has 56 valence electrons. The van der Waals surface area contributed by atoms with Gasteiger partial charge in [0, 0.05) is 10.9 Å². The van der Waals surface area contributed by atoms with E-state index in [1.807, 2.05) is 18.4 Å². The summed E-state index contributed by atoms with van der Waals surface area (Å²) in [4.78, 5) is 1.44. The van der Waals surface area contributed by atoms with Gasteiger partial charge in [0.25, 0.3) is 0 Å².